The van der Waals surface area contributed by atoms with Crippen LogP contribution < -0.4 is 0 Å². The second-order valence-corrected chi connectivity index (χ2v) is 16.3. The van der Waals surface area contributed by atoms with Crippen LogP contribution in [-0.2, 0) is 0 Å². The maximum Gasteiger partial charge on any atom is 0.160 e. The van der Waals surface area contributed by atoms with E-state index in [0.717, 1.165) is 111 Å². The zero-order chi connectivity index (χ0) is 42.1. The number of aromatic nitrogens is 4. The monoisotopic (exact) mass is 816 g/mol. The van der Waals surface area contributed by atoms with E-state index in [9.17, 15) is 0 Å². The number of furan rings is 1. The molecule has 4 heterocycles. The first-order chi connectivity index (χ1) is 31.7. The lowest BCUT2D eigenvalue weighted by Gasteiger charge is -2.15. The van der Waals surface area contributed by atoms with Crippen molar-refractivity contribution < 1.29 is 4.42 Å². The Morgan fingerprint density at radius 3 is 1.77 bits per heavy atom. The first kappa shape index (κ1) is 36.0. The molecule has 0 amide bonds. The Kier molecular flexibility index (Phi) is 8.15. The molecule has 0 aliphatic carbocycles. The van der Waals surface area contributed by atoms with Crippen molar-refractivity contribution in [3.05, 3.63) is 218 Å². The summed E-state index contributed by atoms with van der Waals surface area (Å²) in [5.74, 6) is 0.660. The third-order valence-electron chi connectivity index (χ3n) is 12.6. The number of hydrogen-bond acceptors (Lipinski definition) is 4. The molecule has 0 spiro atoms. The topological polar surface area (TPSA) is 56.7 Å². The van der Waals surface area contributed by atoms with Gasteiger partial charge in [-0.15, -0.1) is 0 Å². The number of para-hydroxylation sites is 5. The summed E-state index contributed by atoms with van der Waals surface area (Å²) in [4.78, 5) is 15.9. The fraction of sp³-hybridized carbons (Fsp3) is 0. The molecule has 4 aromatic heterocycles. The van der Waals surface area contributed by atoms with E-state index >= 15 is 0 Å². The van der Waals surface area contributed by atoms with Gasteiger partial charge in [0.2, 0.25) is 0 Å². The minimum atomic E-state index is 0.660. The molecule has 9 aromatic carbocycles. The molecule has 13 rings (SSSR count). The Labute approximate surface area is 368 Å². The van der Waals surface area contributed by atoms with Crippen molar-refractivity contribution in [2.45, 2.75) is 0 Å². The fourth-order valence-electron chi connectivity index (χ4n) is 9.71. The van der Waals surface area contributed by atoms with Gasteiger partial charge in [-0.1, -0.05) is 176 Å². The van der Waals surface area contributed by atoms with Crippen molar-refractivity contribution in [1.82, 2.24) is 19.5 Å². The summed E-state index contributed by atoms with van der Waals surface area (Å²) in [5.41, 5.74) is 14.8. The van der Waals surface area contributed by atoms with E-state index in [0.29, 0.717) is 5.82 Å². The van der Waals surface area contributed by atoms with E-state index in [2.05, 4.69) is 193 Å². The van der Waals surface area contributed by atoms with Crippen LogP contribution in [0.3, 0.4) is 0 Å². The molecule has 0 saturated carbocycles. The van der Waals surface area contributed by atoms with Crippen LogP contribution in [0, 0.1) is 0 Å². The Hall–Kier alpha value is -8.67. The van der Waals surface area contributed by atoms with E-state index in [-0.39, 0.29) is 0 Å². The molecule has 0 atom stereocenters. The molecule has 0 fully saturated rings. The third kappa shape index (κ3) is 5.68. The van der Waals surface area contributed by atoms with Crippen LogP contribution in [0.25, 0.3) is 127 Å². The maximum absolute atomic E-state index is 6.51. The number of benzene rings is 9. The van der Waals surface area contributed by atoms with Crippen LogP contribution in [0.15, 0.2) is 223 Å². The van der Waals surface area contributed by atoms with E-state index in [1.165, 1.54) is 10.8 Å². The van der Waals surface area contributed by atoms with Gasteiger partial charge in [-0.2, -0.15) is 0 Å². The Morgan fingerprint density at radius 2 is 0.969 bits per heavy atom. The zero-order valence-corrected chi connectivity index (χ0v) is 34.5. The van der Waals surface area contributed by atoms with E-state index in [1.807, 2.05) is 30.3 Å². The molecular formula is C59H36N4O. The molecule has 5 heteroatoms. The van der Waals surface area contributed by atoms with Crippen molar-refractivity contribution in [3.8, 4) is 62.0 Å². The van der Waals surface area contributed by atoms with Crippen LogP contribution in [0.5, 0.6) is 0 Å². The van der Waals surface area contributed by atoms with Crippen molar-refractivity contribution in [2.24, 2.45) is 0 Å². The molecule has 298 valence electrons. The van der Waals surface area contributed by atoms with E-state index in [1.54, 1.807) is 0 Å². The summed E-state index contributed by atoms with van der Waals surface area (Å²) < 4.78 is 8.89. The smallest absolute Gasteiger partial charge is 0.160 e. The molecule has 0 aliphatic rings. The van der Waals surface area contributed by atoms with Gasteiger partial charge in [0.25, 0.3) is 0 Å². The number of hydrogen-bond donors (Lipinski definition) is 0. The minimum Gasteiger partial charge on any atom is -0.455 e. The largest absolute Gasteiger partial charge is 0.455 e. The zero-order valence-electron chi connectivity index (χ0n) is 34.5. The molecule has 5 nitrogen and oxygen atoms in total. The Morgan fingerprint density at radius 1 is 0.375 bits per heavy atom. The fourth-order valence-corrected chi connectivity index (χ4v) is 9.71. The van der Waals surface area contributed by atoms with Crippen LogP contribution in [0.1, 0.15) is 0 Å². The van der Waals surface area contributed by atoms with Gasteiger partial charge in [0.05, 0.1) is 33.6 Å². The van der Waals surface area contributed by atoms with Gasteiger partial charge in [-0.3, -0.25) is 0 Å². The normalized spacial score (nSPS) is 11.8. The van der Waals surface area contributed by atoms with Gasteiger partial charge >= 0.3 is 0 Å². The summed E-state index contributed by atoms with van der Waals surface area (Å²) in [7, 11) is 0. The summed E-state index contributed by atoms with van der Waals surface area (Å²) in [5, 5.41) is 7.97. The first-order valence-electron chi connectivity index (χ1n) is 21.6. The lowest BCUT2D eigenvalue weighted by atomic mass is 9.92. The summed E-state index contributed by atoms with van der Waals surface area (Å²) in [6, 6.07) is 76.6. The first-order valence-corrected chi connectivity index (χ1v) is 21.6. The van der Waals surface area contributed by atoms with Crippen LogP contribution in [0.2, 0.25) is 0 Å². The second kappa shape index (κ2) is 14.5. The van der Waals surface area contributed by atoms with Crippen molar-refractivity contribution in [1.29, 1.82) is 0 Å². The van der Waals surface area contributed by atoms with Crippen LogP contribution in [0.4, 0.5) is 0 Å². The lowest BCUT2D eigenvalue weighted by molar-refractivity contribution is 0.670. The predicted octanol–water partition coefficient (Wildman–Crippen LogP) is 15.5. The quantitative estimate of drug-likeness (QED) is 0.168. The molecule has 0 N–H and O–H groups in total. The molecule has 0 radical (unpaired) electrons. The average molecular weight is 817 g/mol. The van der Waals surface area contributed by atoms with Crippen molar-refractivity contribution in [2.75, 3.05) is 0 Å². The molecule has 64 heavy (non-hydrogen) atoms. The van der Waals surface area contributed by atoms with Gasteiger partial charge in [0.1, 0.15) is 11.2 Å². The minimum absolute atomic E-state index is 0.660. The molecule has 0 aliphatic heterocycles. The van der Waals surface area contributed by atoms with Gasteiger partial charge in [-0.05, 0) is 64.4 Å². The number of nitrogens with zero attached hydrogens (tertiary/aromatic N) is 4. The highest BCUT2D eigenvalue weighted by Gasteiger charge is 2.22. The third-order valence-corrected chi connectivity index (χ3v) is 12.6. The standard InChI is InChI=1S/C59H36N4O/c1-3-16-39(17-4-1)59-61-51(36-52(62-59)48-26-15-25-46-45-22-11-14-29-54(45)64-58(46)48)44-35-34-41(42-20-7-8-21-43(42)44)37-30-32-38(33-31-37)56-57-55(47-23-9-12-27-50(47)60-56)49-24-10-13-28-53(49)63(57)40-18-5-2-6-19-40/h1-36H. The van der Waals surface area contributed by atoms with Crippen molar-refractivity contribution >= 4 is 65.4 Å². The lowest BCUT2D eigenvalue weighted by Crippen LogP contribution is -1.97. The Bertz CT molecular complexity index is 3940. The number of pyridine rings is 1. The molecule has 0 unspecified atom stereocenters. The summed E-state index contributed by atoms with van der Waals surface area (Å²) in [6.45, 7) is 0. The van der Waals surface area contributed by atoms with E-state index in [4.69, 9.17) is 19.4 Å². The molecular weight excluding hydrogens is 781 g/mol. The predicted molar refractivity (Wildman–Crippen MR) is 264 cm³/mol. The van der Waals surface area contributed by atoms with Crippen molar-refractivity contribution in [3.63, 3.8) is 0 Å². The highest BCUT2D eigenvalue weighted by Crippen LogP contribution is 2.43. The highest BCUT2D eigenvalue weighted by molar-refractivity contribution is 6.23. The summed E-state index contributed by atoms with van der Waals surface area (Å²) in [6.07, 6.45) is 0. The van der Waals surface area contributed by atoms with E-state index < -0.39 is 0 Å². The molecule has 0 bridgehead atoms. The molecule has 13 aromatic rings. The second-order valence-electron chi connectivity index (χ2n) is 16.3. The van der Waals surface area contributed by atoms with Gasteiger partial charge in [0.15, 0.2) is 5.82 Å². The molecule has 0 saturated heterocycles. The van der Waals surface area contributed by atoms with Gasteiger partial charge in [-0.25, -0.2) is 15.0 Å². The Balaban J connectivity index is 0.965. The van der Waals surface area contributed by atoms with Crippen LogP contribution in [-0.4, -0.2) is 19.5 Å². The highest BCUT2D eigenvalue weighted by atomic mass is 16.3. The van der Waals surface area contributed by atoms with Crippen LogP contribution >= 0.6 is 0 Å². The van der Waals surface area contributed by atoms with Gasteiger partial charge < -0.3 is 8.98 Å². The maximum atomic E-state index is 6.51. The van der Waals surface area contributed by atoms with Gasteiger partial charge in [0, 0.05) is 54.9 Å². The average Bonchev–Trinajstić information content (AvgIpc) is 3.93. The SMILES string of the molecule is c1ccc(-c2nc(-c3ccc(-c4ccc(-c5nc6ccccc6c6c7ccccc7n(-c7ccccc7)c56)cc4)c4ccccc34)cc(-c3cccc4c3oc3ccccc34)n2)cc1. The number of fused-ring (bicyclic) bond motifs is 9. The number of rotatable bonds is 6. The summed E-state index contributed by atoms with van der Waals surface area (Å²) >= 11 is 0.